The molecule has 84 valence electrons. The predicted molar refractivity (Wildman–Crippen MR) is 53.0 cm³/mol. The Labute approximate surface area is 90.3 Å². The second-order valence-electron chi connectivity index (χ2n) is 2.97. The van der Waals surface area contributed by atoms with Gasteiger partial charge < -0.3 is 15.5 Å². The Bertz CT molecular complexity index is 326. The van der Waals surface area contributed by atoms with Gasteiger partial charge in [0.15, 0.2) is 0 Å². The van der Waals surface area contributed by atoms with Crippen molar-refractivity contribution < 1.29 is 19.0 Å². The van der Waals surface area contributed by atoms with Crippen LogP contribution in [0.5, 0.6) is 0 Å². The molecular formula is C9H10ClF2NO2. The van der Waals surface area contributed by atoms with Crippen molar-refractivity contribution in [2.45, 2.75) is 6.10 Å². The third-order valence-electron chi connectivity index (χ3n) is 1.74. The molecule has 0 aromatic heterocycles. The summed E-state index contributed by atoms with van der Waals surface area (Å²) < 4.78 is 25.8. The zero-order valence-corrected chi connectivity index (χ0v) is 8.43. The molecule has 1 unspecified atom stereocenters. The maximum Gasteiger partial charge on any atom is 0.146 e. The Morgan fingerprint density at radius 2 is 1.87 bits per heavy atom. The molecule has 0 fully saturated rings. The lowest BCUT2D eigenvalue weighted by molar-refractivity contribution is 0.105. The first-order valence-electron chi connectivity index (χ1n) is 4.22. The number of hydrogen-bond acceptors (Lipinski definition) is 3. The third-order valence-corrected chi connectivity index (χ3v) is 2.10. The van der Waals surface area contributed by atoms with Crippen LogP contribution >= 0.6 is 11.6 Å². The molecule has 15 heavy (non-hydrogen) atoms. The van der Waals surface area contributed by atoms with Gasteiger partial charge in [0, 0.05) is 12.2 Å². The minimum atomic E-state index is -0.980. The first-order chi connectivity index (χ1) is 7.04. The average molecular weight is 238 g/mol. The zero-order chi connectivity index (χ0) is 11.4. The summed E-state index contributed by atoms with van der Waals surface area (Å²) in [7, 11) is 0. The molecule has 0 saturated carbocycles. The highest BCUT2D eigenvalue weighted by molar-refractivity contribution is 6.30. The molecule has 1 aromatic rings. The Morgan fingerprint density at radius 3 is 2.33 bits per heavy atom. The van der Waals surface area contributed by atoms with Gasteiger partial charge in [0.05, 0.1) is 12.7 Å². The summed E-state index contributed by atoms with van der Waals surface area (Å²) in [6.07, 6.45) is -0.980. The number of aliphatic hydroxyl groups is 2. The molecule has 0 aliphatic rings. The number of anilines is 1. The number of benzene rings is 1. The van der Waals surface area contributed by atoms with Crippen LogP contribution in [-0.2, 0) is 0 Å². The maximum absolute atomic E-state index is 12.9. The smallest absolute Gasteiger partial charge is 0.146 e. The second-order valence-corrected chi connectivity index (χ2v) is 3.35. The standard InChI is InChI=1S/C9H10ClF2NO2/c10-9-7(11)1-5(2-8(9)12)13-3-6(15)4-14/h1-2,6,13-15H,3-4H2. The highest BCUT2D eigenvalue weighted by atomic mass is 35.5. The van der Waals surface area contributed by atoms with Gasteiger partial charge in [-0.25, -0.2) is 8.78 Å². The van der Waals surface area contributed by atoms with Crippen LogP contribution in [0.1, 0.15) is 0 Å². The van der Waals surface area contributed by atoms with Crippen LogP contribution in [0.25, 0.3) is 0 Å². The Balaban J connectivity index is 2.70. The molecule has 0 radical (unpaired) electrons. The number of rotatable bonds is 4. The quantitative estimate of drug-likeness (QED) is 0.694. The minimum absolute atomic E-state index is 0.00296. The molecular weight excluding hydrogens is 228 g/mol. The van der Waals surface area contributed by atoms with Crippen molar-refractivity contribution in [3.63, 3.8) is 0 Å². The highest BCUT2D eigenvalue weighted by Gasteiger charge is 2.09. The Kier molecular flexibility index (Phi) is 4.26. The molecule has 3 nitrogen and oxygen atoms in total. The summed E-state index contributed by atoms with van der Waals surface area (Å²) in [4.78, 5) is 0. The van der Waals surface area contributed by atoms with Crippen molar-refractivity contribution in [1.29, 1.82) is 0 Å². The lowest BCUT2D eigenvalue weighted by Gasteiger charge is -2.10. The fourth-order valence-electron chi connectivity index (χ4n) is 0.958. The fraction of sp³-hybridized carbons (Fsp3) is 0.333. The van der Waals surface area contributed by atoms with Gasteiger partial charge in [-0.15, -0.1) is 0 Å². The number of aliphatic hydroxyl groups excluding tert-OH is 2. The van der Waals surface area contributed by atoms with Crippen molar-refractivity contribution in [1.82, 2.24) is 0 Å². The van der Waals surface area contributed by atoms with Gasteiger partial charge in [-0.3, -0.25) is 0 Å². The largest absolute Gasteiger partial charge is 0.394 e. The Hall–Kier alpha value is -0.910. The summed E-state index contributed by atoms with van der Waals surface area (Å²) in [5, 5.41) is 19.5. The van der Waals surface area contributed by atoms with Gasteiger partial charge in [0.1, 0.15) is 16.7 Å². The summed E-state index contributed by atoms with van der Waals surface area (Å²) in [6, 6.07) is 2.02. The van der Waals surface area contributed by atoms with Gasteiger partial charge in [-0.1, -0.05) is 11.6 Å². The van der Waals surface area contributed by atoms with E-state index in [-0.39, 0.29) is 12.2 Å². The SMILES string of the molecule is OCC(O)CNc1cc(F)c(Cl)c(F)c1. The minimum Gasteiger partial charge on any atom is -0.394 e. The average Bonchev–Trinajstić information content (AvgIpc) is 2.22. The summed E-state index contributed by atoms with van der Waals surface area (Å²) in [6.45, 7) is -0.428. The van der Waals surface area contributed by atoms with Crippen molar-refractivity contribution >= 4 is 17.3 Å². The third kappa shape index (κ3) is 3.30. The molecule has 0 saturated heterocycles. The van der Waals surface area contributed by atoms with Gasteiger partial charge >= 0.3 is 0 Å². The van der Waals surface area contributed by atoms with E-state index in [1.807, 2.05) is 0 Å². The molecule has 0 aliphatic heterocycles. The molecule has 0 heterocycles. The second kappa shape index (κ2) is 5.25. The van der Waals surface area contributed by atoms with Gasteiger partial charge in [-0.2, -0.15) is 0 Å². The van der Waals surface area contributed by atoms with Crippen LogP contribution in [-0.4, -0.2) is 29.5 Å². The first kappa shape index (κ1) is 12.2. The lowest BCUT2D eigenvalue weighted by atomic mass is 10.3. The van der Waals surface area contributed by atoms with Crippen LogP contribution in [0, 0.1) is 11.6 Å². The van der Waals surface area contributed by atoms with Crippen molar-refractivity contribution in [2.24, 2.45) is 0 Å². The number of hydrogen-bond donors (Lipinski definition) is 3. The zero-order valence-electron chi connectivity index (χ0n) is 7.67. The van der Waals surface area contributed by atoms with E-state index in [0.29, 0.717) is 0 Å². The fourth-order valence-corrected chi connectivity index (χ4v) is 1.07. The van der Waals surface area contributed by atoms with Gasteiger partial charge in [-0.05, 0) is 12.1 Å². The summed E-state index contributed by atoms with van der Waals surface area (Å²) in [5.41, 5.74) is 0.155. The van der Waals surface area contributed by atoms with E-state index in [1.165, 1.54) is 0 Å². The molecule has 1 atom stereocenters. The molecule has 0 bridgehead atoms. The van der Waals surface area contributed by atoms with Crippen LogP contribution in [0.15, 0.2) is 12.1 Å². The van der Waals surface area contributed by atoms with Crippen LogP contribution in [0.2, 0.25) is 5.02 Å². The summed E-state index contributed by atoms with van der Waals surface area (Å²) in [5.74, 6) is -1.75. The van der Waals surface area contributed by atoms with Gasteiger partial charge in [0.25, 0.3) is 0 Å². The van der Waals surface area contributed by atoms with Crippen LogP contribution in [0.4, 0.5) is 14.5 Å². The van der Waals surface area contributed by atoms with E-state index in [9.17, 15) is 8.78 Å². The van der Waals surface area contributed by atoms with Crippen LogP contribution in [0.3, 0.4) is 0 Å². The van der Waals surface area contributed by atoms with Crippen molar-refractivity contribution in [3.8, 4) is 0 Å². The monoisotopic (exact) mass is 237 g/mol. The van der Waals surface area contributed by atoms with E-state index < -0.39 is 29.4 Å². The van der Waals surface area contributed by atoms with E-state index >= 15 is 0 Å². The van der Waals surface area contributed by atoms with Crippen LogP contribution < -0.4 is 5.32 Å². The number of nitrogens with one attached hydrogen (secondary N) is 1. The maximum atomic E-state index is 12.9. The van der Waals surface area contributed by atoms with Gasteiger partial charge in [0.2, 0.25) is 0 Å². The molecule has 3 N–H and O–H groups in total. The number of halogens is 3. The molecule has 6 heteroatoms. The molecule has 1 rings (SSSR count). The van der Waals surface area contributed by atoms with E-state index in [1.54, 1.807) is 0 Å². The first-order valence-corrected chi connectivity index (χ1v) is 4.59. The highest BCUT2D eigenvalue weighted by Crippen LogP contribution is 2.22. The molecule has 1 aromatic carbocycles. The molecule has 0 spiro atoms. The van der Waals surface area contributed by atoms with Crippen molar-refractivity contribution in [3.05, 3.63) is 28.8 Å². The lowest BCUT2D eigenvalue weighted by Crippen LogP contribution is -2.23. The molecule has 0 amide bonds. The van der Waals surface area contributed by atoms with Crippen molar-refractivity contribution in [2.75, 3.05) is 18.5 Å². The predicted octanol–water partition coefficient (Wildman–Crippen LogP) is 1.38. The topological polar surface area (TPSA) is 52.5 Å². The van der Waals surface area contributed by atoms with E-state index in [4.69, 9.17) is 21.8 Å². The Morgan fingerprint density at radius 1 is 1.33 bits per heavy atom. The normalized spacial score (nSPS) is 12.6. The molecule has 0 aliphatic carbocycles. The summed E-state index contributed by atoms with van der Waals surface area (Å²) >= 11 is 5.27. The van der Waals surface area contributed by atoms with E-state index in [2.05, 4.69) is 5.32 Å². The van der Waals surface area contributed by atoms with E-state index in [0.717, 1.165) is 12.1 Å².